The third-order valence-corrected chi connectivity index (χ3v) is 4.11. The standard InChI is InChI=1S/C11H12AtNO5/c12-10-7(4-14)1-6(2-8(10)5-15)11(18)13-3-9(16)17/h1-2,14-15H,3-5H2,(H,13,18)(H,16,17). The van der Waals surface area contributed by atoms with E-state index < -0.39 is 18.4 Å². The second kappa shape index (κ2) is 6.78. The number of aliphatic hydroxyl groups is 2. The van der Waals surface area contributed by atoms with Crippen LogP contribution in [-0.2, 0) is 18.0 Å². The Balaban J connectivity index is 3.02. The first-order valence-electron chi connectivity index (χ1n) is 5.02. The number of hydrogen-bond acceptors (Lipinski definition) is 4. The van der Waals surface area contributed by atoms with E-state index in [2.05, 4.69) is 5.32 Å². The molecule has 0 radical (unpaired) electrons. The van der Waals surface area contributed by atoms with E-state index in [4.69, 9.17) is 15.3 Å². The minimum absolute atomic E-state index is 0.226. The summed E-state index contributed by atoms with van der Waals surface area (Å²) in [5, 5.41) is 29.0. The number of aliphatic hydroxyl groups excluding tert-OH is 2. The molecule has 1 aromatic rings. The van der Waals surface area contributed by atoms with E-state index in [0.29, 0.717) is 11.1 Å². The third-order valence-electron chi connectivity index (χ3n) is 2.23. The average Bonchev–Trinajstić information content (AvgIpc) is 2.36. The van der Waals surface area contributed by atoms with Crippen molar-refractivity contribution in [2.75, 3.05) is 6.54 Å². The molecule has 0 aliphatic rings. The number of carboxylic acids is 1. The molecule has 0 aromatic heterocycles. The Labute approximate surface area is 118 Å². The van der Waals surface area contributed by atoms with E-state index in [1.165, 1.54) is 36.9 Å². The number of rotatable bonds is 5. The van der Waals surface area contributed by atoms with E-state index in [9.17, 15) is 9.59 Å². The van der Waals surface area contributed by atoms with Gasteiger partial charge in [0.1, 0.15) is 0 Å². The van der Waals surface area contributed by atoms with Crippen molar-refractivity contribution in [3.8, 4) is 0 Å². The van der Waals surface area contributed by atoms with Gasteiger partial charge in [0.15, 0.2) is 0 Å². The molecule has 0 heterocycles. The van der Waals surface area contributed by atoms with Gasteiger partial charge in [-0.15, -0.1) is 0 Å². The Kier molecular flexibility index (Phi) is 5.66. The number of hydrogen-bond donors (Lipinski definition) is 4. The molecular weight excluding hydrogens is 436 g/mol. The van der Waals surface area contributed by atoms with Crippen molar-refractivity contribution in [3.63, 3.8) is 0 Å². The first-order chi connectivity index (χ1) is 8.49. The Hall–Kier alpha value is -1.04. The molecule has 98 valence electrons. The van der Waals surface area contributed by atoms with Crippen LogP contribution in [0.4, 0.5) is 0 Å². The van der Waals surface area contributed by atoms with Gasteiger partial charge < -0.3 is 0 Å². The summed E-state index contributed by atoms with van der Waals surface area (Å²) in [6, 6.07) is 2.98. The molecule has 0 saturated heterocycles. The van der Waals surface area contributed by atoms with Crippen LogP contribution in [0.15, 0.2) is 12.1 Å². The average molecular weight is 448 g/mol. The summed E-state index contributed by atoms with van der Waals surface area (Å²) in [6.45, 7) is -0.948. The molecule has 0 aliphatic carbocycles. The fraction of sp³-hybridized carbons (Fsp3) is 0.273. The molecule has 0 aliphatic heterocycles. The van der Waals surface area contributed by atoms with Crippen LogP contribution >= 0.6 is 0 Å². The summed E-state index contributed by atoms with van der Waals surface area (Å²) in [6.07, 6.45) is 0. The van der Waals surface area contributed by atoms with Gasteiger partial charge in [-0.25, -0.2) is 0 Å². The molecule has 0 fully saturated rings. The zero-order chi connectivity index (χ0) is 13.7. The van der Waals surface area contributed by atoms with Gasteiger partial charge in [0.05, 0.1) is 0 Å². The molecule has 1 amide bonds. The van der Waals surface area contributed by atoms with Crippen LogP contribution in [0.25, 0.3) is 0 Å². The molecule has 7 heteroatoms. The van der Waals surface area contributed by atoms with Crippen molar-refractivity contribution >= 4 is 15.1 Å². The van der Waals surface area contributed by atoms with Gasteiger partial charge in [-0.3, -0.25) is 0 Å². The first-order valence-corrected chi connectivity index (χ1v) is 6.49. The zero-order valence-corrected chi connectivity index (χ0v) is 12.3. The number of amides is 1. The molecule has 18 heavy (non-hydrogen) atoms. The number of carbonyl (C=O) groups excluding carboxylic acids is 1. The van der Waals surface area contributed by atoms with Crippen LogP contribution in [0.3, 0.4) is 0 Å². The van der Waals surface area contributed by atoms with Gasteiger partial charge >= 0.3 is 119 Å². The number of aliphatic carboxylic acids is 1. The van der Waals surface area contributed by atoms with E-state index in [1.807, 2.05) is 0 Å². The van der Waals surface area contributed by atoms with Crippen LogP contribution in [0.5, 0.6) is 0 Å². The molecule has 0 unspecified atom stereocenters. The van der Waals surface area contributed by atoms with Crippen LogP contribution in [0, 0.1) is 24.7 Å². The summed E-state index contributed by atoms with van der Waals surface area (Å²) >= 11 is 1.30. The molecule has 1 rings (SSSR count). The monoisotopic (exact) mass is 448 g/mol. The number of nitrogens with one attached hydrogen (secondary N) is 1. The van der Waals surface area contributed by atoms with Gasteiger partial charge in [-0.1, -0.05) is 0 Å². The Bertz CT molecular complexity index is 449. The predicted octanol–water partition coefficient (Wildman–Crippen LogP) is -1.34. The third kappa shape index (κ3) is 3.73. The van der Waals surface area contributed by atoms with Crippen LogP contribution in [0.2, 0.25) is 0 Å². The summed E-state index contributed by atoms with van der Waals surface area (Å²) in [4.78, 5) is 22.0. The molecule has 4 N–H and O–H groups in total. The summed E-state index contributed by atoms with van der Waals surface area (Å²) in [7, 11) is 0. The number of carboxylic acid groups (broad SMARTS) is 1. The molecule has 0 bridgehead atoms. The fourth-order valence-electron chi connectivity index (χ4n) is 1.37. The minimum atomic E-state index is -1.14. The summed E-state index contributed by atoms with van der Waals surface area (Å²) < 4.78 is 0.773. The van der Waals surface area contributed by atoms with E-state index in [0.717, 1.165) is 3.27 Å². The van der Waals surface area contributed by atoms with Crippen LogP contribution < -0.4 is 8.59 Å². The van der Waals surface area contributed by atoms with Gasteiger partial charge in [0.25, 0.3) is 0 Å². The molecule has 0 atom stereocenters. The summed E-state index contributed by atoms with van der Waals surface area (Å²) in [5.41, 5.74) is 1.34. The summed E-state index contributed by atoms with van der Waals surface area (Å²) in [5.74, 6) is -1.68. The Morgan fingerprint density at radius 1 is 1.17 bits per heavy atom. The molecule has 1 aromatic carbocycles. The van der Waals surface area contributed by atoms with Crippen molar-refractivity contribution in [2.24, 2.45) is 0 Å². The Morgan fingerprint density at radius 3 is 2.06 bits per heavy atom. The van der Waals surface area contributed by atoms with Crippen molar-refractivity contribution in [1.29, 1.82) is 0 Å². The van der Waals surface area contributed by atoms with Gasteiger partial charge in [-0.2, -0.15) is 0 Å². The quantitative estimate of drug-likeness (QED) is 0.447. The van der Waals surface area contributed by atoms with Gasteiger partial charge in [-0.05, 0) is 0 Å². The van der Waals surface area contributed by atoms with Crippen LogP contribution in [-0.4, -0.2) is 33.7 Å². The normalized spacial score (nSPS) is 10.2. The number of carbonyl (C=O) groups is 2. The van der Waals surface area contributed by atoms with Crippen molar-refractivity contribution in [1.82, 2.24) is 5.32 Å². The topological polar surface area (TPSA) is 107 Å². The van der Waals surface area contributed by atoms with Gasteiger partial charge in [0, 0.05) is 0 Å². The van der Waals surface area contributed by atoms with E-state index in [1.54, 1.807) is 0 Å². The zero-order valence-electron chi connectivity index (χ0n) is 9.31. The van der Waals surface area contributed by atoms with E-state index >= 15 is 0 Å². The second-order valence-electron chi connectivity index (χ2n) is 3.50. The van der Waals surface area contributed by atoms with Crippen molar-refractivity contribution in [2.45, 2.75) is 13.2 Å². The molecule has 0 saturated carbocycles. The number of benzene rings is 1. The van der Waals surface area contributed by atoms with Gasteiger partial charge in [0.2, 0.25) is 0 Å². The maximum absolute atomic E-state index is 11.7. The fourth-order valence-corrected chi connectivity index (χ4v) is 2.26. The van der Waals surface area contributed by atoms with Crippen molar-refractivity contribution < 1.29 is 49.6 Å². The molecule has 0 spiro atoms. The Morgan fingerprint density at radius 2 is 1.67 bits per heavy atom. The maximum atomic E-state index is 11.7. The second-order valence-corrected chi connectivity index (χ2v) is 4.97. The first kappa shape index (κ1) is 15.0. The molecular formula is C11H12AtNO5. The van der Waals surface area contributed by atoms with Crippen molar-refractivity contribution in [3.05, 3.63) is 28.8 Å². The SMILES string of the molecule is O=C(O)CNC(=O)c1cc(CO)c([At])c(CO)c1. The van der Waals surface area contributed by atoms with E-state index in [-0.39, 0.29) is 18.8 Å². The van der Waals surface area contributed by atoms with Crippen LogP contribution in [0.1, 0.15) is 21.5 Å². The molecule has 6 nitrogen and oxygen atoms in total. The predicted molar refractivity (Wildman–Crippen MR) is 57.9 cm³/mol.